The van der Waals surface area contributed by atoms with Crippen LogP contribution in [0.4, 0.5) is 4.39 Å². The van der Waals surface area contributed by atoms with Gasteiger partial charge in [0.05, 0.1) is 17.4 Å². The third-order valence-electron chi connectivity index (χ3n) is 8.01. The first-order valence-corrected chi connectivity index (χ1v) is 10.1. The molecule has 3 saturated carbocycles. The first-order valence-electron chi connectivity index (χ1n) is 10.1. The number of allylic oxidation sites excluding steroid dienone is 4. The van der Waals surface area contributed by atoms with Crippen molar-refractivity contribution >= 4 is 12.0 Å². The zero-order valence-corrected chi connectivity index (χ0v) is 16.1. The van der Waals surface area contributed by atoms with Gasteiger partial charge in [-0.1, -0.05) is 30.7 Å². The van der Waals surface area contributed by atoms with Crippen molar-refractivity contribution in [1.82, 2.24) is 0 Å². The number of hydrogen-bond donors (Lipinski definition) is 1. The molecule has 3 fully saturated rings. The van der Waals surface area contributed by atoms with Crippen LogP contribution in [0.25, 0.3) is 0 Å². The van der Waals surface area contributed by atoms with E-state index in [-0.39, 0.29) is 29.6 Å². The van der Waals surface area contributed by atoms with Crippen LogP contribution < -0.4 is 0 Å². The largest absolute Gasteiger partial charge is 0.450 e. The minimum atomic E-state index is -1.52. The normalized spacial score (nSPS) is 43.8. The molecule has 0 aromatic rings. The summed E-state index contributed by atoms with van der Waals surface area (Å²) >= 11 is 0. The highest BCUT2D eigenvalue weighted by molar-refractivity contribution is 5.86. The summed E-state index contributed by atoms with van der Waals surface area (Å²) in [6.45, 7) is 1.72. The standard InChI is InChI=1S/C22H26FNO4/c1-21-9-3-2-4-13(21)5-6-14-15-7-8-16(19(26)28-11-10-24)22(15,20(23)27)12-17(25)18(14)21/h3-4,9,14-18,25H,2,5-8,11-12H2,1H3/t14-,15-,16?,17?,18+,21-,22+/m0/s1. The molecule has 0 saturated heterocycles. The fourth-order valence-corrected chi connectivity index (χ4v) is 7.01. The molecule has 4 rings (SSSR count). The predicted molar refractivity (Wildman–Crippen MR) is 98.1 cm³/mol. The van der Waals surface area contributed by atoms with E-state index in [1.807, 2.05) is 0 Å². The molecule has 0 spiro atoms. The maximum atomic E-state index is 14.6. The monoisotopic (exact) mass is 387 g/mol. The van der Waals surface area contributed by atoms with Crippen LogP contribution in [-0.4, -0.2) is 29.8 Å². The van der Waals surface area contributed by atoms with Crippen molar-refractivity contribution in [2.75, 3.05) is 6.61 Å². The van der Waals surface area contributed by atoms with Gasteiger partial charge in [0, 0.05) is 11.3 Å². The Bertz CT molecular complexity index is 799. The van der Waals surface area contributed by atoms with Crippen LogP contribution in [0.5, 0.6) is 0 Å². The van der Waals surface area contributed by atoms with Crippen LogP contribution in [0, 0.1) is 45.8 Å². The highest BCUT2D eigenvalue weighted by atomic mass is 19.1. The van der Waals surface area contributed by atoms with E-state index in [2.05, 4.69) is 25.2 Å². The van der Waals surface area contributed by atoms with E-state index in [4.69, 9.17) is 10.00 Å². The average molecular weight is 387 g/mol. The van der Waals surface area contributed by atoms with Crippen LogP contribution in [0.1, 0.15) is 45.4 Å². The Hall–Kier alpha value is -2.00. The number of esters is 1. The molecule has 28 heavy (non-hydrogen) atoms. The van der Waals surface area contributed by atoms with Gasteiger partial charge < -0.3 is 9.84 Å². The van der Waals surface area contributed by atoms with E-state index >= 15 is 0 Å². The molecule has 150 valence electrons. The van der Waals surface area contributed by atoms with Gasteiger partial charge in [-0.05, 0) is 50.4 Å². The minimum absolute atomic E-state index is 0.0258. The highest BCUT2D eigenvalue weighted by Crippen LogP contribution is 2.66. The average Bonchev–Trinajstić information content (AvgIpc) is 3.06. The van der Waals surface area contributed by atoms with E-state index in [0.29, 0.717) is 12.8 Å². The second kappa shape index (κ2) is 6.81. The summed E-state index contributed by atoms with van der Waals surface area (Å²) in [5.74, 6) is -2.02. The van der Waals surface area contributed by atoms with Crippen molar-refractivity contribution in [3.63, 3.8) is 0 Å². The zero-order valence-electron chi connectivity index (χ0n) is 16.1. The number of carbonyl (C=O) groups excluding carboxylic acids is 2. The fraction of sp³-hybridized carbons (Fsp3) is 0.682. The van der Waals surface area contributed by atoms with Crippen LogP contribution in [0.3, 0.4) is 0 Å². The van der Waals surface area contributed by atoms with Crippen LogP contribution >= 0.6 is 0 Å². The maximum Gasteiger partial charge on any atom is 0.311 e. The smallest absolute Gasteiger partial charge is 0.311 e. The molecular formula is C22H26FNO4. The molecule has 5 nitrogen and oxygen atoms in total. The Morgan fingerprint density at radius 1 is 1.39 bits per heavy atom. The molecule has 6 heteroatoms. The van der Waals surface area contributed by atoms with Crippen molar-refractivity contribution in [2.24, 2.45) is 34.5 Å². The SMILES string of the molecule is C[C@]12C=CCC=C1CC[C@@H]1[C@@H]2C(O)C[C@]2(C(=O)F)C(C(=O)OCC#N)CC[C@@H]12. The fourth-order valence-electron chi connectivity index (χ4n) is 7.01. The molecular weight excluding hydrogens is 361 g/mol. The van der Waals surface area contributed by atoms with Gasteiger partial charge in [0.15, 0.2) is 6.61 Å². The summed E-state index contributed by atoms with van der Waals surface area (Å²) in [5.41, 5.74) is -0.494. The van der Waals surface area contributed by atoms with Gasteiger partial charge in [-0.25, -0.2) is 0 Å². The molecule has 7 atom stereocenters. The second-order valence-electron chi connectivity index (χ2n) is 8.97. The Morgan fingerprint density at radius 2 is 2.18 bits per heavy atom. The van der Waals surface area contributed by atoms with Crippen molar-refractivity contribution in [3.05, 3.63) is 23.8 Å². The van der Waals surface area contributed by atoms with Crippen molar-refractivity contribution in [2.45, 2.75) is 51.6 Å². The van der Waals surface area contributed by atoms with Crippen LogP contribution in [0.15, 0.2) is 23.8 Å². The summed E-state index contributed by atoms with van der Waals surface area (Å²) in [4.78, 5) is 24.8. The van der Waals surface area contributed by atoms with E-state index in [1.54, 1.807) is 6.07 Å². The lowest BCUT2D eigenvalue weighted by atomic mass is 9.46. The molecule has 1 N–H and O–H groups in total. The van der Waals surface area contributed by atoms with Gasteiger partial charge in [-0.15, -0.1) is 0 Å². The Labute approximate surface area is 164 Å². The van der Waals surface area contributed by atoms with E-state index in [1.165, 1.54) is 5.57 Å². The number of fused-ring (bicyclic) bond motifs is 5. The minimum Gasteiger partial charge on any atom is -0.450 e. The molecule has 0 aliphatic heterocycles. The zero-order chi connectivity index (χ0) is 20.1. The number of ether oxygens (including phenoxy) is 1. The third-order valence-corrected chi connectivity index (χ3v) is 8.01. The first-order chi connectivity index (χ1) is 13.4. The topological polar surface area (TPSA) is 87.4 Å². The van der Waals surface area contributed by atoms with Crippen LogP contribution in [0.2, 0.25) is 0 Å². The molecule has 4 aliphatic rings. The number of carbonyl (C=O) groups is 2. The van der Waals surface area contributed by atoms with E-state index in [0.717, 1.165) is 19.3 Å². The molecule has 0 bridgehead atoms. The summed E-state index contributed by atoms with van der Waals surface area (Å²) in [6, 6.07) is 0.224. The number of aliphatic hydroxyl groups excluding tert-OH is 1. The van der Waals surface area contributed by atoms with E-state index < -0.39 is 36.1 Å². The lowest BCUT2D eigenvalue weighted by molar-refractivity contribution is -0.178. The molecule has 0 amide bonds. The number of aliphatic hydroxyl groups is 1. The molecule has 0 heterocycles. The Balaban J connectivity index is 1.72. The van der Waals surface area contributed by atoms with Crippen LogP contribution in [-0.2, 0) is 14.3 Å². The van der Waals surface area contributed by atoms with Gasteiger partial charge in [-0.2, -0.15) is 9.65 Å². The van der Waals surface area contributed by atoms with Gasteiger partial charge >= 0.3 is 12.0 Å². The molecule has 0 radical (unpaired) electrons. The van der Waals surface area contributed by atoms with Crippen molar-refractivity contribution in [3.8, 4) is 6.07 Å². The molecule has 4 aliphatic carbocycles. The van der Waals surface area contributed by atoms with Gasteiger partial charge in [-0.3, -0.25) is 9.59 Å². The molecule has 0 aromatic heterocycles. The van der Waals surface area contributed by atoms with Gasteiger partial charge in [0.1, 0.15) is 6.07 Å². The Kier molecular flexibility index (Phi) is 4.70. The number of nitriles is 1. The maximum absolute atomic E-state index is 14.6. The second-order valence-corrected chi connectivity index (χ2v) is 8.97. The highest BCUT2D eigenvalue weighted by Gasteiger charge is 2.68. The van der Waals surface area contributed by atoms with Crippen molar-refractivity contribution < 1.29 is 23.8 Å². The lowest BCUT2D eigenvalue weighted by Crippen LogP contribution is -2.59. The van der Waals surface area contributed by atoms with E-state index in [9.17, 15) is 19.1 Å². The quantitative estimate of drug-likeness (QED) is 0.456. The number of rotatable bonds is 3. The van der Waals surface area contributed by atoms with Gasteiger partial charge in [0.2, 0.25) is 0 Å². The first kappa shape index (κ1) is 19.3. The lowest BCUT2D eigenvalue weighted by Gasteiger charge is -2.58. The predicted octanol–water partition coefficient (Wildman–Crippen LogP) is 3.25. The summed E-state index contributed by atoms with van der Waals surface area (Å²) in [7, 11) is 0. The summed E-state index contributed by atoms with van der Waals surface area (Å²) in [6.07, 6.45) is 9.03. The molecule has 0 aromatic carbocycles. The number of hydrogen-bond acceptors (Lipinski definition) is 5. The third kappa shape index (κ3) is 2.52. The van der Waals surface area contributed by atoms with Crippen molar-refractivity contribution in [1.29, 1.82) is 5.26 Å². The Morgan fingerprint density at radius 3 is 2.89 bits per heavy atom. The number of nitrogens with zero attached hydrogens (tertiary/aromatic N) is 1. The summed E-state index contributed by atoms with van der Waals surface area (Å²) in [5, 5.41) is 19.8. The van der Waals surface area contributed by atoms with Gasteiger partial charge in [0.25, 0.3) is 0 Å². The molecule has 2 unspecified atom stereocenters. The summed E-state index contributed by atoms with van der Waals surface area (Å²) < 4.78 is 19.5. The number of halogens is 1.